The van der Waals surface area contributed by atoms with Gasteiger partial charge < -0.3 is 15.8 Å². The average molecular weight is 253 g/mol. The Balaban J connectivity index is 2.91. The number of anilines is 1. The molecule has 1 aromatic heterocycles. The van der Waals surface area contributed by atoms with E-state index < -0.39 is 6.04 Å². The lowest BCUT2D eigenvalue weighted by molar-refractivity contribution is -0.141. The molecular weight excluding hydrogens is 238 g/mol. The van der Waals surface area contributed by atoms with E-state index in [4.69, 9.17) is 18.0 Å². The van der Waals surface area contributed by atoms with Crippen LogP contribution in [-0.4, -0.2) is 29.1 Å². The molecule has 0 aromatic carbocycles. The minimum Gasteiger partial charge on any atom is -0.467 e. The van der Waals surface area contributed by atoms with Crippen LogP contribution in [0.2, 0.25) is 0 Å². The summed E-state index contributed by atoms with van der Waals surface area (Å²) in [6, 6.07) is 3.01. The van der Waals surface area contributed by atoms with Crippen LogP contribution in [0, 0.1) is 6.92 Å². The summed E-state index contributed by atoms with van der Waals surface area (Å²) in [6.45, 7) is 3.52. The van der Waals surface area contributed by atoms with Crippen molar-refractivity contribution in [2.24, 2.45) is 5.73 Å². The topological polar surface area (TPSA) is 77.2 Å². The van der Waals surface area contributed by atoms with Crippen molar-refractivity contribution in [2.45, 2.75) is 19.9 Å². The van der Waals surface area contributed by atoms with Crippen molar-refractivity contribution < 1.29 is 9.53 Å². The smallest absolute Gasteiger partial charge is 0.328 e. The molecule has 0 radical (unpaired) electrons. The minimum absolute atomic E-state index is 0.296. The van der Waals surface area contributed by atoms with Gasteiger partial charge in [0.25, 0.3) is 0 Å². The van der Waals surface area contributed by atoms with Crippen LogP contribution in [0.3, 0.4) is 0 Å². The molecule has 1 unspecified atom stereocenters. The Labute approximate surface area is 105 Å². The van der Waals surface area contributed by atoms with Crippen molar-refractivity contribution in [3.05, 3.63) is 23.4 Å². The maximum atomic E-state index is 11.3. The second-order valence-corrected chi connectivity index (χ2v) is 4.08. The molecule has 1 aromatic rings. The van der Waals surface area contributed by atoms with Gasteiger partial charge in [-0.05, 0) is 26.0 Å². The van der Waals surface area contributed by atoms with E-state index in [0.717, 1.165) is 5.69 Å². The van der Waals surface area contributed by atoms with E-state index in [9.17, 15) is 4.79 Å². The summed E-state index contributed by atoms with van der Waals surface area (Å²) in [5.74, 6) is 0.191. The molecule has 1 rings (SSSR count). The van der Waals surface area contributed by atoms with Gasteiger partial charge in [0.15, 0.2) is 0 Å². The second kappa shape index (κ2) is 5.58. The highest BCUT2D eigenvalue weighted by Crippen LogP contribution is 2.11. The molecule has 0 aliphatic heterocycles. The summed E-state index contributed by atoms with van der Waals surface area (Å²) in [7, 11) is 1.34. The number of hydrogen-bond acceptors (Lipinski definition) is 5. The maximum absolute atomic E-state index is 11.3. The Morgan fingerprint density at radius 3 is 2.76 bits per heavy atom. The van der Waals surface area contributed by atoms with Gasteiger partial charge in [0.1, 0.15) is 16.8 Å². The van der Waals surface area contributed by atoms with Gasteiger partial charge >= 0.3 is 5.97 Å². The molecule has 5 nitrogen and oxygen atoms in total. The number of carbonyl (C=O) groups is 1. The molecule has 0 aliphatic carbocycles. The van der Waals surface area contributed by atoms with Crippen molar-refractivity contribution in [1.29, 1.82) is 0 Å². The number of carbonyl (C=O) groups excluding carboxylic acids is 1. The van der Waals surface area contributed by atoms with Gasteiger partial charge in [-0.2, -0.15) is 0 Å². The number of nitrogens with zero attached hydrogens (tertiary/aromatic N) is 1. The van der Waals surface area contributed by atoms with Gasteiger partial charge in [-0.25, -0.2) is 9.78 Å². The molecule has 0 aliphatic rings. The molecule has 0 amide bonds. The summed E-state index contributed by atoms with van der Waals surface area (Å²) >= 11 is 4.90. The molecule has 0 saturated heterocycles. The first-order valence-electron chi connectivity index (χ1n) is 5.07. The first-order valence-corrected chi connectivity index (χ1v) is 5.47. The number of rotatable bonds is 4. The van der Waals surface area contributed by atoms with Crippen LogP contribution >= 0.6 is 12.2 Å². The number of ether oxygens (including phenoxy) is 1. The van der Waals surface area contributed by atoms with E-state index in [0.29, 0.717) is 16.4 Å². The fourth-order valence-corrected chi connectivity index (χ4v) is 1.46. The van der Waals surface area contributed by atoms with Gasteiger partial charge in [-0.1, -0.05) is 12.2 Å². The van der Waals surface area contributed by atoms with Crippen LogP contribution in [0.4, 0.5) is 5.82 Å². The standard InChI is InChI=1S/C11H15N3O2S/c1-6-4-8(10(12)17)5-9(13-6)14-7(2)11(15)16-3/h4-5,7H,1-3H3,(H2,12,17)(H,13,14). The maximum Gasteiger partial charge on any atom is 0.328 e. The third-order valence-corrected chi connectivity index (χ3v) is 2.39. The van der Waals surface area contributed by atoms with Crippen molar-refractivity contribution in [2.75, 3.05) is 12.4 Å². The Bertz CT molecular complexity index is 448. The number of pyridine rings is 1. The van der Waals surface area contributed by atoms with Crippen LogP contribution in [0.5, 0.6) is 0 Å². The molecule has 17 heavy (non-hydrogen) atoms. The monoisotopic (exact) mass is 253 g/mol. The third-order valence-electron chi connectivity index (χ3n) is 2.16. The zero-order chi connectivity index (χ0) is 13.0. The van der Waals surface area contributed by atoms with Crippen LogP contribution in [0.15, 0.2) is 12.1 Å². The molecule has 0 spiro atoms. The van der Waals surface area contributed by atoms with E-state index >= 15 is 0 Å². The number of hydrogen-bond donors (Lipinski definition) is 2. The van der Waals surface area contributed by atoms with E-state index in [1.807, 2.05) is 6.92 Å². The summed E-state index contributed by atoms with van der Waals surface area (Å²) in [5.41, 5.74) is 7.04. The van der Waals surface area contributed by atoms with E-state index in [2.05, 4.69) is 15.0 Å². The summed E-state index contributed by atoms with van der Waals surface area (Å²) in [5, 5.41) is 2.93. The highest BCUT2D eigenvalue weighted by molar-refractivity contribution is 7.80. The Kier molecular flexibility index (Phi) is 4.39. The molecule has 1 heterocycles. The molecule has 6 heteroatoms. The summed E-state index contributed by atoms with van der Waals surface area (Å²) in [4.78, 5) is 15.8. The highest BCUT2D eigenvalue weighted by Gasteiger charge is 2.13. The van der Waals surface area contributed by atoms with Gasteiger partial charge in [0, 0.05) is 11.3 Å². The quantitative estimate of drug-likeness (QED) is 0.615. The molecule has 3 N–H and O–H groups in total. The molecule has 0 saturated carbocycles. The third kappa shape index (κ3) is 3.67. The molecule has 0 bridgehead atoms. The minimum atomic E-state index is -0.478. The number of methoxy groups -OCH3 is 1. The Morgan fingerprint density at radius 2 is 2.24 bits per heavy atom. The van der Waals surface area contributed by atoms with Gasteiger partial charge in [0.2, 0.25) is 0 Å². The Morgan fingerprint density at radius 1 is 1.59 bits per heavy atom. The number of thiocarbonyl (C=S) groups is 1. The summed E-state index contributed by atoms with van der Waals surface area (Å²) < 4.78 is 4.61. The van der Waals surface area contributed by atoms with Gasteiger partial charge in [-0.15, -0.1) is 0 Å². The van der Waals surface area contributed by atoms with Crippen LogP contribution < -0.4 is 11.1 Å². The SMILES string of the molecule is COC(=O)C(C)Nc1cc(C(N)=S)cc(C)n1. The van der Waals surface area contributed by atoms with Crippen LogP contribution in [0.1, 0.15) is 18.2 Å². The first-order chi connectivity index (χ1) is 7.93. The fourth-order valence-electron chi connectivity index (χ4n) is 1.34. The van der Waals surface area contributed by atoms with Crippen LogP contribution in [0.25, 0.3) is 0 Å². The zero-order valence-electron chi connectivity index (χ0n) is 9.98. The zero-order valence-corrected chi connectivity index (χ0v) is 10.8. The largest absolute Gasteiger partial charge is 0.467 e. The lowest BCUT2D eigenvalue weighted by Gasteiger charge is -2.13. The first kappa shape index (κ1) is 13.4. The number of aryl methyl sites for hydroxylation is 1. The van der Waals surface area contributed by atoms with E-state index in [-0.39, 0.29) is 5.97 Å². The average Bonchev–Trinajstić information content (AvgIpc) is 2.26. The number of nitrogens with two attached hydrogens (primary N) is 1. The second-order valence-electron chi connectivity index (χ2n) is 3.64. The Hall–Kier alpha value is -1.69. The van der Waals surface area contributed by atoms with Crippen molar-refractivity contribution in [3.8, 4) is 0 Å². The lowest BCUT2D eigenvalue weighted by atomic mass is 10.2. The fraction of sp³-hybridized carbons (Fsp3) is 0.364. The number of aromatic nitrogens is 1. The van der Waals surface area contributed by atoms with Gasteiger partial charge in [-0.3, -0.25) is 0 Å². The normalized spacial score (nSPS) is 11.7. The lowest BCUT2D eigenvalue weighted by Crippen LogP contribution is -2.28. The van der Waals surface area contributed by atoms with Crippen molar-refractivity contribution >= 4 is 29.0 Å². The molecule has 0 fully saturated rings. The number of nitrogens with one attached hydrogen (secondary N) is 1. The van der Waals surface area contributed by atoms with Crippen molar-refractivity contribution in [3.63, 3.8) is 0 Å². The summed E-state index contributed by atoms with van der Waals surface area (Å²) in [6.07, 6.45) is 0. The highest BCUT2D eigenvalue weighted by atomic mass is 32.1. The predicted octanol–water partition coefficient (Wildman–Crippen LogP) is 0.998. The predicted molar refractivity (Wildman–Crippen MR) is 70.0 cm³/mol. The molecular formula is C11H15N3O2S. The van der Waals surface area contributed by atoms with E-state index in [1.54, 1.807) is 19.1 Å². The van der Waals surface area contributed by atoms with Gasteiger partial charge in [0.05, 0.1) is 7.11 Å². The molecule has 1 atom stereocenters. The number of esters is 1. The van der Waals surface area contributed by atoms with E-state index in [1.165, 1.54) is 7.11 Å². The van der Waals surface area contributed by atoms with Crippen molar-refractivity contribution in [1.82, 2.24) is 4.98 Å². The van der Waals surface area contributed by atoms with Crippen LogP contribution in [-0.2, 0) is 9.53 Å². The molecule has 92 valence electrons.